The summed E-state index contributed by atoms with van der Waals surface area (Å²) in [4.78, 5) is 12.6. The molecule has 5 heteroatoms. The van der Waals surface area contributed by atoms with Crippen LogP contribution in [0.1, 0.15) is 5.56 Å². The largest absolute Gasteiger partial charge is 0.398 e. The molecule has 0 saturated carbocycles. The van der Waals surface area contributed by atoms with Crippen molar-refractivity contribution in [2.24, 2.45) is 0 Å². The highest BCUT2D eigenvalue weighted by atomic mass is 35.5. The summed E-state index contributed by atoms with van der Waals surface area (Å²) in [6.07, 6.45) is 0. The maximum absolute atomic E-state index is 11.8. The summed E-state index contributed by atoms with van der Waals surface area (Å²) in [6, 6.07) is 15.1. The average Bonchev–Trinajstić information content (AvgIpc) is 2.45. The summed E-state index contributed by atoms with van der Waals surface area (Å²) in [7, 11) is 0. The molecule has 2 aromatic rings. The molecule has 0 fully saturated rings. The Morgan fingerprint density at radius 2 is 1.95 bits per heavy atom. The van der Waals surface area contributed by atoms with E-state index in [1.54, 1.807) is 12.1 Å². The van der Waals surface area contributed by atoms with E-state index < -0.39 is 0 Å². The lowest BCUT2D eigenvalue weighted by Gasteiger charge is -2.07. The van der Waals surface area contributed by atoms with Gasteiger partial charge in [-0.25, -0.2) is 0 Å². The summed E-state index contributed by atoms with van der Waals surface area (Å²) in [6.45, 7) is 0.538. The highest BCUT2D eigenvalue weighted by molar-refractivity contribution is 8.00. The SMILES string of the molecule is Nc1cc(Cl)ccc1SCC(=O)NCc1ccccc1. The van der Waals surface area contributed by atoms with Gasteiger partial charge in [0.25, 0.3) is 0 Å². The first-order chi connectivity index (χ1) is 9.65. The molecular weight excluding hydrogens is 292 g/mol. The number of hydrogen-bond acceptors (Lipinski definition) is 3. The van der Waals surface area contributed by atoms with Gasteiger partial charge in [-0.3, -0.25) is 4.79 Å². The number of nitrogen functional groups attached to an aromatic ring is 1. The maximum Gasteiger partial charge on any atom is 0.230 e. The molecule has 20 heavy (non-hydrogen) atoms. The van der Waals surface area contributed by atoms with E-state index in [-0.39, 0.29) is 5.91 Å². The predicted molar refractivity (Wildman–Crippen MR) is 84.9 cm³/mol. The number of anilines is 1. The molecule has 0 unspecified atom stereocenters. The average molecular weight is 307 g/mol. The van der Waals surface area contributed by atoms with E-state index in [0.717, 1.165) is 10.5 Å². The number of nitrogens with one attached hydrogen (secondary N) is 1. The van der Waals surface area contributed by atoms with E-state index in [1.165, 1.54) is 11.8 Å². The van der Waals surface area contributed by atoms with Crippen molar-refractivity contribution in [1.82, 2.24) is 5.32 Å². The van der Waals surface area contributed by atoms with Crippen LogP contribution in [0.4, 0.5) is 5.69 Å². The molecule has 3 nitrogen and oxygen atoms in total. The van der Waals surface area contributed by atoms with Crippen LogP contribution in [-0.2, 0) is 11.3 Å². The van der Waals surface area contributed by atoms with E-state index in [4.69, 9.17) is 17.3 Å². The highest BCUT2D eigenvalue weighted by Gasteiger charge is 2.05. The van der Waals surface area contributed by atoms with Crippen LogP contribution < -0.4 is 11.1 Å². The number of hydrogen-bond donors (Lipinski definition) is 2. The number of amides is 1. The molecule has 2 rings (SSSR count). The monoisotopic (exact) mass is 306 g/mol. The van der Waals surface area contributed by atoms with E-state index in [0.29, 0.717) is 23.0 Å². The fourth-order valence-electron chi connectivity index (χ4n) is 1.64. The molecule has 0 radical (unpaired) electrons. The predicted octanol–water partition coefficient (Wildman–Crippen LogP) is 3.33. The van der Waals surface area contributed by atoms with E-state index in [9.17, 15) is 4.79 Å². The molecule has 0 aromatic heterocycles. The van der Waals surface area contributed by atoms with Gasteiger partial charge in [0.2, 0.25) is 5.91 Å². The van der Waals surface area contributed by atoms with Crippen molar-refractivity contribution >= 4 is 35.0 Å². The Kier molecular flexibility index (Phi) is 5.32. The maximum atomic E-state index is 11.8. The van der Waals surface area contributed by atoms with E-state index >= 15 is 0 Å². The molecule has 104 valence electrons. The number of carbonyl (C=O) groups is 1. The van der Waals surface area contributed by atoms with Crippen LogP contribution in [0.2, 0.25) is 5.02 Å². The van der Waals surface area contributed by atoms with Crippen LogP contribution in [0.15, 0.2) is 53.4 Å². The van der Waals surface area contributed by atoms with Gasteiger partial charge in [0, 0.05) is 22.2 Å². The molecule has 0 spiro atoms. The van der Waals surface area contributed by atoms with Crippen molar-refractivity contribution < 1.29 is 4.79 Å². The van der Waals surface area contributed by atoms with Crippen LogP contribution in [0.3, 0.4) is 0 Å². The number of benzene rings is 2. The first-order valence-corrected chi connectivity index (χ1v) is 7.50. The summed E-state index contributed by atoms with van der Waals surface area (Å²) in [5.41, 5.74) is 7.51. The van der Waals surface area contributed by atoms with Crippen LogP contribution in [0.5, 0.6) is 0 Å². The Morgan fingerprint density at radius 1 is 1.20 bits per heavy atom. The lowest BCUT2D eigenvalue weighted by atomic mass is 10.2. The molecule has 1 amide bonds. The minimum absolute atomic E-state index is 0.0202. The third kappa shape index (κ3) is 4.47. The van der Waals surface area contributed by atoms with Gasteiger partial charge in [0.15, 0.2) is 0 Å². The van der Waals surface area contributed by atoms with Crippen molar-refractivity contribution in [2.75, 3.05) is 11.5 Å². The minimum Gasteiger partial charge on any atom is -0.398 e. The van der Waals surface area contributed by atoms with Crippen molar-refractivity contribution in [3.8, 4) is 0 Å². The summed E-state index contributed by atoms with van der Waals surface area (Å²) in [5.74, 6) is 0.312. The van der Waals surface area contributed by atoms with E-state index in [2.05, 4.69) is 5.32 Å². The molecule has 0 aliphatic carbocycles. The molecule has 0 bridgehead atoms. The molecule has 3 N–H and O–H groups in total. The van der Waals surface area contributed by atoms with Crippen molar-refractivity contribution in [1.29, 1.82) is 0 Å². The molecule has 0 heterocycles. The lowest BCUT2D eigenvalue weighted by molar-refractivity contribution is -0.118. The topological polar surface area (TPSA) is 55.1 Å². The zero-order valence-corrected chi connectivity index (χ0v) is 12.4. The fourth-order valence-corrected chi connectivity index (χ4v) is 2.60. The Morgan fingerprint density at radius 3 is 2.65 bits per heavy atom. The van der Waals surface area contributed by atoms with Gasteiger partial charge in [-0.15, -0.1) is 11.8 Å². The summed E-state index contributed by atoms with van der Waals surface area (Å²) >= 11 is 7.23. The Balaban J connectivity index is 1.80. The smallest absolute Gasteiger partial charge is 0.230 e. The highest BCUT2D eigenvalue weighted by Crippen LogP contribution is 2.27. The number of halogens is 1. The van der Waals surface area contributed by atoms with Crippen LogP contribution >= 0.6 is 23.4 Å². The van der Waals surface area contributed by atoms with Gasteiger partial charge in [-0.05, 0) is 23.8 Å². The van der Waals surface area contributed by atoms with Gasteiger partial charge in [-0.1, -0.05) is 41.9 Å². The van der Waals surface area contributed by atoms with Crippen LogP contribution in [0.25, 0.3) is 0 Å². The van der Waals surface area contributed by atoms with Gasteiger partial charge >= 0.3 is 0 Å². The second-order valence-electron chi connectivity index (χ2n) is 4.23. The zero-order valence-electron chi connectivity index (χ0n) is 10.8. The molecule has 2 aromatic carbocycles. The van der Waals surface area contributed by atoms with Gasteiger partial charge in [0.1, 0.15) is 0 Å². The first-order valence-electron chi connectivity index (χ1n) is 6.13. The van der Waals surface area contributed by atoms with Crippen LogP contribution in [0, 0.1) is 0 Å². The normalized spacial score (nSPS) is 10.2. The van der Waals surface area contributed by atoms with Gasteiger partial charge < -0.3 is 11.1 Å². The third-order valence-corrected chi connectivity index (χ3v) is 3.99. The second kappa shape index (κ2) is 7.22. The fraction of sp³-hybridized carbons (Fsp3) is 0.133. The Bertz CT molecular complexity index is 590. The number of thioether (sulfide) groups is 1. The number of nitrogens with two attached hydrogens (primary N) is 1. The summed E-state index contributed by atoms with van der Waals surface area (Å²) < 4.78 is 0. The second-order valence-corrected chi connectivity index (χ2v) is 5.69. The van der Waals surface area contributed by atoms with E-state index in [1.807, 2.05) is 36.4 Å². The quantitative estimate of drug-likeness (QED) is 0.658. The standard InChI is InChI=1S/C15H15ClN2OS/c16-12-6-7-14(13(17)8-12)20-10-15(19)18-9-11-4-2-1-3-5-11/h1-8H,9-10,17H2,(H,18,19). The third-order valence-electron chi connectivity index (χ3n) is 2.66. The van der Waals surface area contributed by atoms with Gasteiger partial charge in [-0.2, -0.15) is 0 Å². The molecule has 0 aliphatic rings. The molecule has 0 atom stereocenters. The minimum atomic E-state index is -0.0202. The molecule has 0 saturated heterocycles. The van der Waals surface area contributed by atoms with Crippen molar-refractivity contribution in [3.05, 3.63) is 59.1 Å². The number of rotatable bonds is 5. The Labute approximate surface area is 127 Å². The summed E-state index contributed by atoms with van der Waals surface area (Å²) in [5, 5.41) is 3.47. The first kappa shape index (κ1) is 14.8. The molecule has 0 aliphatic heterocycles. The van der Waals surface area contributed by atoms with Crippen molar-refractivity contribution in [2.45, 2.75) is 11.4 Å². The van der Waals surface area contributed by atoms with Crippen LogP contribution in [-0.4, -0.2) is 11.7 Å². The molecular formula is C15H15ClN2OS. The van der Waals surface area contributed by atoms with Gasteiger partial charge in [0.05, 0.1) is 5.75 Å². The van der Waals surface area contributed by atoms with Crippen molar-refractivity contribution in [3.63, 3.8) is 0 Å². The Hall–Kier alpha value is -1.65. The number of carbonyl (C=O) groups excluding carboxylic acids is 1. The zero-order chi connectivity index (χ0) is 14.4. The lowest BCUT2D eigenvalue weighted by Crippen LogP contribution is -2.24.